The van der Waals surface area contributed by atoms with Crippen LogP contribution in [0.3, 0.4) is 0 Å². The zero-order chi connectivity index (χ0) is 10.8. The number of hydrogen-bond donors (Lipinski definition) is 2. The van der Waals surface area contributed by atoms with Gasteiger partial charge >= 0.3 is 0 Å². The van der Waals surface area contributed by atoms with Crippen molar-refractivity contribution in [3.63, 3.8) is 0 Å². The van der Waals surface area contributed by atoms with Gasteiger partial charge in [0.25, 0.3) is 0 Å². The molecule has 0 radical (unpaired) electrons. The second kappa shape index (κ2) is 3.79. The normalized spacial score (nSPS) is 10.2. The number of rotatable bonds is 1. The topological polar surface area (TPSA) is 58.9 Å². The Morgan fingerprint density at radius 3 is 2.60 bits per heavy atom. The molecule has 0 amide bonds. The molecule has 0 atom stereocenters. The number of nitrogens with one attached hydrogen (secondary N) is 1. The van der Waals surface area contributed by atoms with Gasteiger partial charge in [0.2, 0.25) is 5.56 Å². The van der Waals surface area contributed by atoms with E-state index in [2.05, 4.69) is 4.98 Å². The van der Waals surface area contributed by atoms with Crippen molar-refractivity contribution in [3.8, 4) is 11.1 Å². The van der Waals surface area contributed by atoms with Gasteiger partial charge in [-0.15, -0.1) is 0 Å². The van der Waals surface area contributed by atoms with Gasteiger partial charge in [-0.05, 0) is 17.7 Å². The number of aromatic amines is 1. The number of aromatic nitrogens is 1. The molecule has 3 N–H and O–H groups in total. The predicted molar refractivity (Wildman–Crippen MR) is 61.9 cm³/mol. The maximum Gasteiger partial charge on any atom is 0.250 e. The summed E-state index contributed by atoms with van der Waals surface area (Å²) in [6, 6.07) is 10.5. The van der Waals surface area contributed by atoms with E-state index >= 15 is 0 Å². The van der Waals surface area contributed by atoms with Gasteiger partial charge in [0.1, 0.15) is 5.82 Å². The van der Waals surface area contributed by atoms with Gasteiger partial charge in [0, 0.05) is 16.7 Å². The molecule has 0 aliphatic heterocycles. The highest BCUT2D eigenvalue weighted by Crippen LogP contribution is 2.26. The van der Waals surface area contributed by atoms with E-state index in [-0.39, 0.29) is 5.56 Å². The van der Waals surface area contributed by atoms with Crippen molar-refractivity contribution in [3.05, 3.63) is 51.8 Å². The van der Waals surface area contributed by atoms with E-state index in [0.717, 1.165) is 11.1 Å². The number of hydrogen-bond acceptors (Lipinski definition) is 2. The minimum atomic E-state index is -0.232. The van der Waals surface area contributed by atoms with Crippen molar-refractivity contribution < 1.29 is 0 Å². The summed E-state index contributed by atoms with van der Waals surface area (Å²) in [5.41, 5.74) is 6.84. The molecule has 0 aliphatic carbocycles. The monoisotopic (exact) mass is 220 g/mol. The Morgan fingerprint density at radius 2 is 1.93 bits per heavy atom. The minimum Gasteiger partial charge on any atom is -0.385 e. The van der Waals surface area contributed by atoms with Gasteiger partial charge in [-0.1, -0.05) is 29.8 Å². The Morgan fingerprint density at radius 1 is 1.20 bits per heavy atom. The number of anilines is 1. The lowest BCUT2D eigenvalue weighted by Gasteiger charge is -2.04. The fourth-order valence-corrected chi connectivity index (χ4v) is 1.66. The molecule has 1 aromatic heterocycles. The lowest BCUT2D eigenvalue weighted by Crippen LogP contribution is -2.07. The second-order valence-corrected chi connectivity index (χ2v) is 3.58. The van der Waals surface area contributed by atoms with Crippen LogP contribution in [0.25, 0.3) is 11.1 Å². The molecule has 1 heterocycles. The molecule has 0 spiro atoms. The van der Waals surface area contributed by atoms with Crippen LogP contribution >= 0.6 is 11.6 Å². The van der Waals surface area contributed by atoms with Gasteiger partial charge in [-0.3, -0.25) is 4.79 Å². The number of nitrogen functional groups attached to an aromatic ring is 1. The zero-order valence-electron chi connectivity index (χ0n) is 7.83. The van der Waals surface area contributed by atoms with Crippen LogP contribution in [-0.2, 0) is 0 Å². The van der Waals surface area contributed by atoms with Crippen LogP contribution in [-0.4, -0.2) is 4.98 Å². The SMILES string of the molecule is Nc1cc(-c2ccccc2Cl)cc(=O)[nH]1. The summed E-state index contributed by atoms with van der Waals surface area (Å²) in [5.74, 6) is 0.331. The molecule has 1 aromatic carbocycles. The molecular formula is C11H9ClN2O. The molecule has 2 aromatic rings. The number of H-pyrrole nitrogens is 1. The molecule has 0 fully saturated rings. The van der Waals surface area contributed by atoms with Crippen molar-refractivity contribution in [2.24, 2.45) is 0 Å². The molecule has 2 rings (SSSR count). The lowest BCUT2D eigenvalue weighted by atomic mass is 10.1. The van der Waals surface area contributed by atoms with E-state index in [9.17, 15) is 4.79 Å². The standard InChI is InChI=1S/C11H9ClN2O/c12-9-4-2-1-3-8(9)7-5-10(13)14-11(15)6-7/h1-6H,(H3,13,14,15). The molecule has 0 saturated heterocycles. The van der Waals surface area contributed by atoms with E-state index in [1.165, 1.54) is 6.07 Å². The van der Waals surface area contributed by atoms with Crippen molar-refractivity contribution >= 4 is 17.4 Å². The van der Waals surface area contributed by atoms with Gasteiger partial charge < -0.3 is 10.7 Å². The van der Waals surface area contributed by atoms with Gasteiger partial charge in [-0.25, -0.2) is 0 Å². The summed E-state index contributed by atoms with van der Waals surface area (Å²) in [7, 11) is 0. The number of pyridine rings is 1. The molecule has 15 heavy (non-hydrogen) atoms. The fraction of sp³-hybridized carbons (Fsp3) is 0. The van der Waals surface area contributed by atoms with Gasteiger partial charge in [0.15, 0.2) is 0 Å². The molecule has 4 heteroatoms. The minimum absolute atomic E-state index is 0.232. The molecule has 0 saturated carbocycles. The number of benzene rings is 1. The summed E-state index contributed by atoms with van der Waals surface area (Å²) >= 11 is 6.01. The number of halogens is 1. The van der Waals surface area contributed by atoms with Crippen LogP contribution in [0.1, 0.15) is 0 Å². The van der Waals surface area contributed by atoms with Crippen LogP contribution in [0.5, 0.6) is 0 Å². The van der Waals surface area contributed by atoms with Crippen molar-refractivity contribution in [2.75, 3.05) is 5.73 Å². The first-order chi connectivity index (χ1) is 7.16. The van der Waals surface area contributed by atoms with Gasteiger partial charge in [0.05, 0.1) is 0 Å². The Balaban J connectivity index is 2.64. The highest BCUT2D eigenvalue weighted by Gasteiger charge is 2.03. The van der Waals surface area contributed by atoms with E-state index < -0.39 is 0 Å². The lowest BCUT2D eigenvalue weighted by molar-refractivity contribution is 1.25. The zero-order valence-corrected chi connectivity index (χ0v) is 8.58. The van der Waals surface area contributed by atoms with E-state index in [4.69, 9.17) is 17.3 Å². The Hall–Kier alpha value is -1.74. The molecule has 0 bridgehead atoms. The summed E-state index contributed by atoms with van der Waals surface area (Å²) < 4.78 is 0. The van der Waals surface area contributed by atoms with E-state index in [0.29, 0.717) is 10.8 Å². The quantitative estimate of drug-likeness (QED) is 0.775. The Labute approximate surface area is 91.5 Å². The average molecular weight is 221 g/mol. The van der Waals surface area contributed by atoms with E-state index in [1.54, 1.807) is 12.1 Å². The maximum atomic E-state index is 11.2. The van der Waals surface area contributed by atoms with Crippen LogP contribution in [0.2, 0.25) is 5.02 Å². The summed E-state index contributed by atoms with van der Waals surface area (Å²) in [6.45, 7) is 0. The maximum absolute atomic E-state index is 11.2. The van der Waals surface area contributed by atoms with Gasteiger partial charge in [-0.2, -0.15) is 0 Å². The van der Waals surface area contributed by atoms with Crippen LogP contribution in [0.15, 0.2) is 41.2 Å². The largest absolute Gasteiger partial charge is 0.385 e. The first kappa shape index (κ1) is 9.80. The molecular weight excluding hydrogens is 212 g/mol. The highest BCUT2D eigenvalue weighted by molar-refractivity contribution is 6.33. The number of nitrogens with two attached hydrogens (primary N) is 1. The molecule has 76 valence electrons. The third-order valence-corrected chi connectivity index (χ3v) is 2.38. The van der Waals surface area contributed by atoms with Crippen molar-refractivity contribution in [2.45, 2.75) is 0 Å². The second-order valence-electron chi connectivity index (χ2n) is 3.17. The van der Waals surface area contributed by atoms with Crippen LogP contribution < -0.4 is 11.3 Å². The van der Waals surface area contributed by atoms with Crippen molar-refractivity contribution in [1.29, 1.82) is 0 Å². The Bertz CT molecular complexity index is 548. The Kier molecular flexibility index (Phi) is 2.47. The third-order valence-electron chi connectivity index (χ3n) is 2.05. The molecule has 3 nitrogen and oxygen atoms in total. The summed E-state index contributed by atoms with van der Waals surface area (Å²) in [4.78, 5) is 13.7. The third kappa shape index (κ3) is 2.02. The van der Waals surface area contributed by atoms with Crippen LogP contribution in [0.4, 0.5) is 5.82 Å². The van der Waals surface area contributed by atoms with E-state index in [1.807, 2.05) is 18.2 Å². The molecule has 0 unspecified atom stereocenters. The first-order valence-corrected chi connectivity index (χ1v) is 4.79. The summed E-state index contributed by atoms with van der Waals surface area (Å²) in [5, 5.41) is 0.600. The van der Waals surface area contributed by atoms with Crippen LogP contribution in [0, 0.1) is 0 Å². The predicted octanol–water partition coefficient (Wildman–Crippen LogP) is 2.28. The highest BCUT2D eigenvalue weighted by atomic mass is 35.5. The smallest absolute Gasteiger partial charge is 0.250 e. The fourth-order valence-electron chi connectivity index (χ4n) is 1.42. The first-order valence-electron chi connectivity index (χ1n) is 4.41. The van der Waals surface area contributed by atoms with Crippen molar-refractivity contribution in [1.82, 2.24) is 4.98 Å². The molecule has 0 aliphatic rings. The average Bonchev–Trinajstić information content (AvgIpc) is 2.16. The summed E-state index contributed by atoms with van der Waals surface area (Å²) in [6.07, 6.45) is 0.